The molecule has 0 bridgehead atoms. The van der Waals surface area contributed by atoms with Gasteiger partial charge >= 0.3 is 0 Å². The lowest BCUT2D eigenvalue weighted by Gasteiger charge is -2.49. The fourth-order valence-corrected chi connectivity index (χ4v) is 3.20. The second-order valence-electron chi connectivity index (χ2n) is 5.32. The van der Waals surface area contributed by atoms with Crippen molar-refractivity contribution in [3.63, 3.8) is 0 Å². The van der Waals surface area contributed by atoms with Gasteiger partial charge in [-0.05, 0) is 24.7 Å². The van der Waals surface area contributed by atoms with Crippen LogP contribution in [0.2, 0.25) is 0 Å². The third-order valence-corrected chi connectivity index (χ3v) is 3.87. The first kappa shape index (κ1) is 10.4. The first-order chi connectivity index (χ1) is 6.74. The van der Waals surface area contributed by atoms with Gasteiger partial charge in [-0.25, -0.2) is 0 Å². The van der Waals surface area contributed by atoms with Gasteiger partial charge in [0.25, 0.3) is 0 Å². The van der Waals surface area contributed by atoms with Crippen LogP contribution in [-0.2, 0) is 0 Å². The van der Waals surface area contributed by atoms with Crippen molar-refractivity contribution in [2.75, 3.05) is 19.6 Å². The van der Waals surface area contributed by atoms with Crippen LogP contribution in [0.1, 0.15) is 45.4 Å². The van der Waals surface area contributed by atoms with Gasteiger partial charge in [0, 0.05) is 19.6 Å². The maximum Gasteiger partial charge on any atom is 0.0667 e. The Morgan fingerprint density at radius 2 is 1.93 bits per heavy atom. The van der Waals surface area contributed by atoms with Gasteiger partial charge in [0.1, 0.15) is 0 Å². The molecule has 2 aliphatic rings. The van der Waals surface area contributed by atoms with Gasteiger partial charge in [0.15, 0.2) is 0 Å². The zero-order chi connectivity index (χ0) is 10.0. The number of nitrogens with zero attached hydrogens (tertiary/aromatic N) is 1. The summed E-state index contributed by atoms with van der Waals surface area (Å²) in [5.41, 5.74) is 0.686. The average molecular weight is 197 g/mol. The Morgan fingerprint density at radius 3 is 2.50 bits per heavy atom. The van der Waals surface area contributed by atoms with Gasteiger partial charge in [-0.1, -0.05) is 26.2 Å². The number of hydrogen-bond acceptors (Lipinski definition) is 2. The molecule has 1 unspecified atom stereocenters. The molecule has 82 valence electrons. The Kier molecular flexibility index (Phi) is 3.13. The normalized spacial score (nSPS) is 27.9. The van der Waals surface area contributed by atoms with Gasteiger partial charge < -0.3 is 5.11 Å². The van der Waals surface area contributed by atoms with Crippen molar-refractivity contribution in [1.29, 1.82) is 0 Å². The van der Waals surface area contributed by atoms with Crippen LogP contribution in [0.15, 0.2) is 0 Å². The minimum absolute atomic E-state index is 0.0845. The van der Waals surface area contributed by atoms with Crippen molar-refractivity contribution < 1.29 is 5.11 Å². The molecule has 0 aromatic carbocycles. The molecule has 0 radical (unpaired) electrons. The lowest BCUT2D eigenvalue weighted by molar-refractivity contribution is -0.0248. The van der Waals surface area contributed by atoms with Gasteiger partial charge in [-0.3, -0.25) is 4.90 Å². The molecule has 1 saturated heterocycles. The number of hydrogen-bond donors (Lipinski definition) is 1. The molecule has 1 spiro atoms. The van der Waals surface area contributed by atoms with E-state index in [2.05, 4.69) is 11.8 Å². The number of rotatable bonds is 4. The number of aliphatic hydroxyl groups excluding tert-OH is 1. The molecule has 0 aromatic rings. The Balaban J connectivity index is 1.67. The molecule has 1 saturated carbocycles. The summed E-state index contributed by atoms with van der Waals surface area (Å²) in [6.45, 7) is 5.56. The summed E-state index contributed by atoms with van der Waals surface area (Å²) in [6, 6.07) is 0. The molecule has 1 atom stereocenters. The van der Waals surface area contributed by atoms with Gasteiger partial charge in [0.05, 0.1) is 6.10 Å². The number of β-amino-alcohol motifs (C(OH)–C–C–N with tert-alkyl or cyclic N) is 1. The molecule has 0 amide bonds. The molecule has 1 aliphatic carbocycles. The molecular formula is C12H23NO. The van der Waals surface area contributed by atoms with Crippen molar-refractivity contribution >= 4 is 0 Å². The van der Waals surface area contributed by atoms with Gasteiger partial charge in [-0.15, -0.1) is 0 Å². The van der Waals surface area contributed by atoms with Crippen LogP contribution in [-0.4, -0.2) is 35.7 Å². The molecule has 2 nitrogen and oxygen atoms in total. The highest BCUT2D eigenvalue weighted by atomic mass is 16.3. The van der Waals surface area contributed by atoms with E-state index in [1.54, 1.807) is 0 Å². The lowest BCUT2D eigenvalue weighted by Crippen LogP contribution is -2.56. The van der Waals surface area contributed by atoms with Crippen LogP contribution >= 0.6 is 0 Å². The zero-order valence-electron chi connectivity index (χ0n) is 9.34. The SMILES string of the molecule is CCCC(O)CN1CC2(CCCC2)C1. The molecule has 2 rings (SSSR count). The predicted molar refractivity (Wildman–Crippen MR) is 58.3 cm³/mol. The number of likely N-dealkylation sites (tertiary alicyclic amines) is 1. The Bertz CT molecular complexity index is 179. The van der Waals surface area contributed by atoms with Crippen LogP contribution in [0.4, 0.5) is 0 Å². The monoisotopic (exact) mass is 197 g/mol. The summed E-state index contributed by atoms with van der Waals surface area (Å²) in [5.74, 6) is 0. The Labute approximate surface area is 87.3 Å². The maximum atomic E-state index is 9.67. The molecule has 2 fully saturated rings. The van der Waals surface area contributed by atoms with E-state index in [-0.39, 0.29) is 6.10 Å². The molecule has 1 heterocycles. The third-order valence-electron chi connectivity index (χ3n) is 3.87. The van der Waals surface area contributed by atoms with E-state index in [9.17, 15) is 5.11 Å². The second-order valence-corrected chi connectivity index (χ2v) is 5.32. The third kappa shape index (κ3) is 2.12. The zero-order valence-corrected chi connectivity index (χ0v) is 9.34. The highest BCUT2D eigenvalue weighted by molar-refractivity contribution is 4.98. The minimum Gasteiger partial charge on any atom is -0.392 e. The number of aliphatic hydroxyl groups is 1. The molecule has 1 N–H and O–H groups in total. The van der Waals surface area contributed by atoms with Crippen molar-refractivity contribution in [3.8, 4) is 0 Å². The highest BCUT2D eigenvalue weighted by Crippen LogP contribution is 2.45. The molecule has 1 aliphatic heterocycles. The van der Waals surface area contributed by atoms with Crippen LogP contribution in [0.3, 0.4) is 0 Å². The second kappa shape index (κ2) is 4.19. The lowest BCUT2D eigenvalue weighted by atomic mass is 9.78. The quantitative estimate of drug-likeness (QED) is 0.745. The van der Waals surface area contributed by atoms with Crippen molar-refractivity contribution in [3.05, 3.63) is 0 Å². The predicted octanol–water partition coefficient (Wildman–Crippen LogP) is 2.02. The topological polar surface area (TPSA) is 23.5 Å². The molecule has 2 heteroatoms. The summed E-state index contributed by atoms with van der Waals surface area (Å²) in [5, 5.41) is 9.67. The summed E-state index contributed by atoms with van der Waals surface area (Å²) < 4.78 is 0. The summed E-state index contributed by atoms with van der Waals surface area (Å²) in [4.78, 5) is 2.44. The standard InChI is InChI=1S/C12H23NO/c1-2-5-11(14)8-13-9-12(10-13)6-3-4-7-12/h11,14H,2-10H2,1H3. The van der Waals surface area contributed by atoms with E-state index in [0.717, 1.165) is 19.4 Å². The summed E-state index contributed by atoms with van der Waals surface area (Å²) in [7, 11) is 0. The van der Waals surface area contributed by atoms with E-state index in [1.807, 2.05) is 0 Å². The first-order valence-corrected chi connectivity index (χ1v) is 6.14. The van der Waals surface area contributed by atoms with Crippen molar-refractivity contribution in [1.82, 2.24) is 4.90 Å². The van der Waals surface area contributed by atoms with Crippen molar-refractivity contribution in [2.45, 2.75) is 51.6 Å². The maximum absolute atomic E-state index is 9.67. The minimum atomic E-state index is -0.0845. The molecule has 0 aromatic heterocycles. The Hall–Kier alpha value is -0.0800. The van der Waals surface area contributed by atoms with E-state index < -0.39 is 0 Å². The fourth-order valence-electron chi connectivity index (χ4n) is 3.20. The highest BCUT2D eigenvalue weighted by Gasteiger charge is 2.44. The van der Waals surface area contributed by atoms with E-state index in [0.29, 0.717) is 5.41 Å². The average Bonchev–Trinajstić information content (AvgIpc) is 2.52. The Morgan fingerprint density at radius 1 is 1.29 bits per heavy atom. The fraction of sp³-hybridized carbons (Fsp3) is 1.00. The van der Waals surface area contributed by atoms with Gasteiger partial charge in [-0.2, -0.15) is 0 Å². The largest absolute Gasteiger partial charge is 0.392 e. The van der Waals surface area contributed by atoms with Crippen LogP contribution in [0.25, 0.3) is 0 Å². The summed E-state index contributed by atoms with van der Waals surface area (Å²) in [6.07, 6.45) is 7.72. The van der Waals surface area contributed by atoms with Crippen LogP contribution in [0, 0.1) is 5.41 Å². The van der Waals surface area contributed by atoms with E-state index >= 15 is 0 Å². The van der Waals surface area contributed by atoms with Crippen LogP contribution < -0.4 is 0 Å². The van der Waals surface area contributed by atoms with E-state index in [4.69, 9.17) is 0 Å². The van der Waals surface area contributed by atoms with Crippen molar-refractivity contribution in [2.24, 2.45) is 5.41 Å². The summed E-state index contributed by atoms with van der Waals surface area (Å²) >= 11 is 0. The smallest absolute Gasteiger partial charge is 0.0667 e. The first-order valence-electron chi connectivity index (χ1n) is 6.14. The van der Waals surface area contributed by atoms with Gasteiger partial charge in [0.2, 0.25) is 0 Å². The molecule has 14 heavy (non-hydrogen) atoms. The van der Waals surface area contributed by atoms with Crippen LogP contribution in [0.5, 0.6) is 0 Å². The van der Waals surface area contributed by atoms with E-state index in [1.165, 1.54) is 38.8 Å². The molecular weight excluding hydrogens is 174 g/mol.